The molecule has 0 bridgehead atoms. The molecule has 0 radical (unpaired) electrons. The standard InChI is InChI=1S/C16H21N3O2/c1-11(2)18-6-3-4-13(18)9-15-17-10-14-8-12(16(20)21)5-7-19(14)15/h5,7-8,10-11,13H,3-4,6,9H2,1-2H3,(H,20,21). The first-order valence-corrected chi connectivity index (χ1v) is 7.51. The minimum atomic E-state index is -0.901. The molecular formula is C16H21N3O2. The van der Waals surface area contributed by atoms with Crippen LogP contribution in [0, 0.1) is 0 Å². The maximum Gasteiger partial charge on any atom is 0.335 e. The van der Waals surface area contributed by atoms with E-state index >= 15 is 0 Å². The van der Waals surface area contributed by atoms with Gasteiger partial charge in [-0.3, -0.25) is 4.90 Å². The van der Waals surface area contributed by atoms with Gasteiger partial charge in [0.2, 0.25) is 0 Å². The predicted octanol–water partition coefficient (Wildman–Crippen LogP) is 2.45. The van der Waals surface area contributed by atoms with Gasteiger partial charge in [-0.05, 0) is 45.4 Å². The number of pyridine rings is 1. The van der Waals surface area contributed by atoms with Crippen LogP contribution < -0.4 is 0 Å². The second-order valence-corrected chi connectivity index (χ2v) is 6.02. The van der Waals surface area contributed by atoms with Gasteiger partial charge in [0.15, 0.2) is 0 Å². The summed E-state index contributed by atoms with van der Waals surface area (Å²) in [7, 11) is 0. The van der Waals surface area contributed by atoms with E-state index in [4.69, 9.17) is 5.11 Å². The van der Waals surface area contributed by atoms with E-state index in [1.165, 1.54) is 12.8 Å². The van der Waals surface area contributed by atoms with Crippen LogP contribution >= 0.6 is 0 Å². The average molecular weight is 287 g/mol. The van der Waals surface area contributed by atoms with E-state index in [1.54, 1.807) is 18.3 Å². The summed E-state index contributed by atoms with van der Waals surface area (Å²) in [4.78, 5) is 18.0. The Kier molecular flexibility index (Phi) is 3.68. The van der Waals surface area contributed by atoms with Crippen molar-refractivity contribution >= 4 is 11.5 Å². The Balaban J connectivity index is 1.86. The molecule has 1 fully saturated rings. The number of carbonyl (C=O) groups is 1. The number of carboxylic acid groups (broad SMARTS) is 1. The molecule has 1 saturated heterocycles. The van der Waals surface area contributed by atoms with Crippen molar-refractivity contribution in [3.63, 3.8) is 0 Å². The van der Waals surface area contributed by atoms with Crippen molar-refractivity contribution in [2.45, 2.75) is 45.2 Å². The first-order chi connectivity index (χ1) is 10.1. The van der Waals surface area contributed by atoms with E-state index in [0.29, 0.717) is 17.6 Å². The molecule has 112 valence electrons. The molecule has 3 heterocycles. The van der Waals surface area contributed by atoms with Crippen LogP contribution in [0.3, 0.4) is 0 Å². The predicted molar refractivity (Wildman–Crippen MR) is 80.7 cm³/mol. The Bertz CT molecular complexity index is 663. The molecule has 0 aliphatic carbocycles. The molecule has 1 aliphatic rings. The van der Waals surface area contributed by atoms with Crippen LogP contribution in [0.5, 0.6) is 0 Å². The third-order valence-corrected chi connectivity index (χ3v) is 4.36. The molecule has 0 saturated carbocycles. The number of likely N-dealkylation sites (tertiary alicyclic amines) is 1. The number of aromatic nitrogens is 2. The third kappa shape index (κ3) is 2.65. The Hall–Kier alpha value is -1.88. The minimum Gasteiger partial charge on any atom is -0.478 e. The largest absolute Gasteiger partial charge is 0.478 e. The van der Waals surface area contributed by atoms with Gasteiger partial charge >= 0.3 is 5.97 Å². The molecule has 5 heteroatoms. The van der Waals surface area contributed by atoms with Crippen LogP contribution in [0.4, 0.5) is 0 Å². The molecule has 21 heavy (non-hydrogen) atoms. The van der Waals surface area contributed by atoms with Crippen molar-refractivity contribution in [2.75, 3.05) is 6.54 Å². The third-order valence-electron chi connectivity index (χ3n) is 4.36. The average Bonchev–Trinajstić information content (AvgIpc) is 3.06. The van der Waals surface area contributed by atoms with Crippen molar-refractivity contribution in [3.8, 4) is 0 Å². The highest BCUT2D eigenvalue weighted by atomic mass is 16.4. The number of nitrogens with zero attached hydrogens (tertiary/aromatic N) is 3. The molecule has 3 rings (SSSR count). The van der Waals surface area contributed by atoms with Gasteiger partial charge in [-0.25, -0.2) is 9.78 Å². The van der Waals surface area contributed by atoms with Gasteiger partial charge in [-0.2, -0.15) is 0 Å². The fourth-order valence-electron chi connectivity index (χ4n) is 3.31. The van der Waals surface area contributed by atoms with Gasteiger partial charge in [-0.1, -0.05) is 0 Å². The highest BCUT2D eigenvalue weighted by Crippen LogP contribution is 2.23. The normalized spacial score (nSPS) is 19.7. The molecule has 1 atom stereocenters. The van der Waals surface area contributed by atoms with Crippen LogP contribution in [-0.2, 0) is 6.42 Å². The Morgan fingerprint density at radius 3 is 3.05 bits per heavy atom. The number of rotatable bonds is 4. The molecule has 2 aromatic heterocycles. The fraction of sp³-hybridized carbons (Fsp3) is 0.500. The quantitative estimate of drug-likeness (QED) is 0.938. The molecule has 0 spiro atoms. The number of imidazole rings is 1. The Labute approximate surface area is 124 Å². The topological polar surface area (TPSA) is 57.8 Å². The molecule has 0 amide bonds. The van der Waals surface area contributed by atoms with Crippen LogP contribution in [0.25, 0.3) is 5.52 Å². The van der Waals surface area contributed by atoms with Crippen molar-refractivity contribution in [1.82, 2.24) is 14.3 Å². The van der Waals surface area contributed by atoms with Gasteiger partial charge in [-0.15, -0.1) is 0 Å². The SMILES string of the molecule is CC(C)N1CCCC1Cc1ncc2cc(C(=O)O)ccn12. The van der Waals surface area contributed by atoms with Crippen LogP contribution in [0.15, 0.2) is 24.5 Å². The molecule has 1 aliphatic heterocycles. The van der Waals surface area contributed by atoms with E-state index in [1.807, 2.05) is 10.6 Å². The summed E-state index contributed by atoms with van der Waals surface area (Å²) in [5, 5.41) is 9.04. The molecule has 0 aromatic carbocycles. The fourth-order valence-corrected chi connectivity index (χ4v) is 3.31. The highest BCUT2D eigenvalue weighted by molar-refractivity contribution is 5.88. The number of aromatic carboxylic acids is 1. The van der Waals surface area contributed by atoms with E-state index in [0.717, 1.165) is 24.3 Å². The van der Waals surface area contributed by atoms with Crippen LogP contribution in [-0.4, -0.2) is 44.0 Å². The molecule has 1 N–H and O–H groups in total. The van der Waals surface area contributed by atoms with Gasteiger partial charge in [0.05, 0.1) is 17.3 Å². The maximum atomic E-state index is 11.0. The molecule has 1 unspecified atom stereocenters. The van der Waals surface area contributed by atoms with Crippen molar-refractivity contribution in [3.05, 3.63) is 35.9 Å². The summed E-state index contributed by atoms with van der Waals surface area (Å²) in [5.74, 6) is 0.113. The zero-order valence-corrected chi connectivity index (χ0v) is 12.5. The number of fused-ring (bicyclic) bond motifs is 1. The van der Waals surface area contributed by atoms with Crippen LogP contribution in [0.1, 0.15) is 42.9 Å². The zero-order valence-electron chi connectivity index (χ0n) is 12.5. The second-order valence-electron chi connectivity index (χ2n) is 6.02. The van der Waals surface area contributed by atoms with Crippen molar-refractivity contribution in [2.24, 2.45) is 0 Å². The molecule has 2 aromatic rings. The minimum absolute atomic E-state index is 0.304. The van der Waals surface area contributed by atoms with Gasteiger partial charge in [0, 0.05) is 24.7 Å². The molecule has 5 nitrogen and oxygen atoms in total. The maximum absolute atomic E-state index is 11.0. The Morgan fingerprint density at radius 1 is 1.52 bits per heavy atom. The van der Waals surface area contributed by atoms with Gasteiger partial charge in [0.25, 0.3) is 0 Å². The monoisotopic (exact) mass is 287 g/mol. The lowest BCUT2D eigenvalue weighted by atomic mass is 10.1. The first kappa shape index (κ1) is 14.1. The zero-order chi connectivity index (χ0) is 15.0. The van der Waals surface area contributed by atoms with Gasteiger partial charge in [0.1, 0.15) is 5.82 Å². The smallest absolute Gasteiger partial charge is 0.335 e. The lowest BCUT2D eigenvalue weighted by Gasteiger charge is -2.27. The summed E-state index contributed by atoms with van der Waals surface area (Å²) < 4.78 is 2.00. The van der Waals surface area contributed by atoms with E-state index in [9.17, 15) is 4.79 Å². The van der Waals surface area contributed by atoms with Crippen LogP contribution in [0.2, 0.25) is 0 Å². The highest BCUT2D eigenvalue weighted by Gasteiger charge is 2.27. The van der Waals surface area contributed by atoms with E-state index in [2.05, 4.69) is 23.7 Å². The first-order valence-electron chi connectivity index (χ1n) is 7.51. The second kappa shape index (κ2) is 5.48. The number of hydrogen-bond acceptors (Lipinski definition) is 3. The summed E-state index contributed by atoms with van der Waals surface area (Å²) in [6.45, 7) is 5.64. The Morgan fingerprint density at radius 2 is 2.33 bits per heavy atom. The number of carboxylic acids is 1. The molecular weight excluding hydrogens is 266 g/mol. The van der Waals surface area contributed by atoms with Gasteiger partial charge < -0.3 is 9.51 Å². The van der Waals surface area contributed by atoms with Crippen molar-refractivity contribution < 1.29 is 9.90 Å². The summed E-state index contributed by atoms with van der Waals surface area (Å²) in [6.07, 6.45) is 6.95. The van der Waals surface area contributed by atoms with Crippen molar-refractivity contribution in [1.29, 1.82) is 0 Å². The van der Waals surface area contributed by atoms with E-state index in [-0.39, 0.29) is 0 Å². The summed E-state index contributed by atoms with van der Waals surface area (Å²) in [6, 6.07) is 4.40. The summed E-state index contributed by atoms with van der Waals surface area (Å²) in [5.41, 5.74) is 1.15. The number of hydrogen-bond donors (Lipinski definition) is 1. The summed E-state index contributed by atoms with van der Waals surface area (Å²) >= 11 is 0. The van der Waals surface area contributed by atoms with E-state index < -0.39 is 5.97 Å². The lowest BCUT2D eigenvalue weighted by molar-refractivity contribution is 0.0697. The lowest BCUT2D eigenvalue weighted by Crippen LogP contribution is -2.37.